The van der Waals surface area contributed by atoms with Gasteiger partial charge in [-0.1, -0.05) is 0 Å². The number of hydrogen-bond donors (Lipinski definition) is 2. The molecule has 0 aromatic rings. The zero-order valence-corrected chi connectivity index (χ0v) is 12.6. The van der Waals surface area contributed by atoms with E-state index >= 15 is 0 Å². The van der Waals surface area contributed by atoms with E-state index in [2.05, 4.69) is 5.73 Å². The molecule has 0 amide bonds. The summed E-state index contributed by atoms with van der Waals surface area (Å²) >= 11 is 0. The van der Waals surface area contributed by atoms with Gasteiger partial charge in [0, 0.05) is 0 Å². The maximum atomic E-state index is 9.24. The van der Waals surface area contributed by atoms with Gasteiger partial charge in [0.05, 0.1) is 6.54 Å². The Morgan fingerprint density at radius 3 is 1.36 bits per heavy atom. The van der Waals surface area contributed by atoms with Crippen LogP contribution >= 0.6 is 0 Å². The second kappa shape index (κ2) is 17.9. The first-order chi connectivity index (χ1) is 4.00. The first-order valence-corrected chi connectivity index (χ1v) is 1.80. The Balaban J connectivity index is -0.0000000383. The first kappa shape index (κ1) is 23.1. The van der Waals surface area contributed by atoms with E-state index in [1.807, 2.05) is 0 Å². The number of aliphatic carboxylic acids is 1. The van der Waals surface area contributed by atoms with E-state index in [0.29, 0.717) is 0 Å². The molecule has 0 unspecified atom stereocenters. The monoisotopic (exact) mass is 213 g/mol. The van der Waals surface area contributed by atoms with Crippen LogP contribution in [0.4, 0.5) is 4.79 Å². The van der Waals surface area contributed by atoms with Crippen molar-refractivity contribution in [3.05, 3.63) is 0 Å². The van der Waals surface area contributed by atoms with Gasteiger partial charge in [0.25, 0.3) is 0 Å². The van der Waals surface area contributed by atoms with E-state index < -0.39 is 12.1 Å². The fraction of sp³-hybridized carbons (Fsp3) is 0.333. The van der Waals surface area contributed by atoms with Crippen molar-refractivity contribution in [1.82, 2.24) is 0 Å². The maximum absolute atomic E-state index is 9.24. The molecule has 11 heavy (non-hydrogen) atoms. The van der Waals surface area contributed by atoms with Crippen LogP contribution in [0.15, 0.2) is 0 Å². The molecule has 0 saturated carbocycles. The standard InChI is InChI=1S/C2H5NO2.CH2O3.2K/c3-1-2(4)5;2-1(3)4;;/h1,3H2,(H,4,5);(H2,2,3,4);;/q;;2*+1/p-2. The van der Waals surface area contributed by atoms with Gasteiger partial charge in [-0.05, 0) is 6.16 Å². The van der Waals surface area contributed by atoms with E-state index in [0.717, 1.165) is 0 Å². The Morgan fingerprint density at radius 2 is 1.36 bits per heavy atom. The zero-order chi connectivity index (χ0) is 7.86. The maximum Gasteiger partial charge on any atom is 1.00 e. The Hall–Kier alpha value is 1.97. The fourth-order valence-electron chi connectivity index (χ4n) is 0. The summed E-state index contributed by atoms with van der Waals surface area (Å²) in [6.45, 7) is -0.278. The molecule has 0 aliphatic carbocycles. The number of carbonyl (C=O) groups excluding carboxylic acids is 1. The molecular weight excluding hydrogens is 208 g/mol. The third kappa shape index (κ3) is 75.4. The predicted octanol–water partition coefficient (Wildman–Crippen LogP) is -9.41. The minimum atomic E-state index is -2.33. The SMILES string of the molecule is NCC(=O)O.O=C([O-])[O-].[K+].[K+]. The molecule has 0 aliphatic rings. The Kier molecular flexibility index (Phi) is 37.6. The third-order valence-corrected chi connectivity index (χ3v) is 0.175. The Bertz CT molecular complexity index is 104. The van der Waals surface area contributed by atoms with Crippen LogP contribution in [0.1, 0.15) is 0 Å². The number of carboxylic acid groups (broad SMARTS) is 3. The molecule has 0 spiro atoms. The van der Waals surface area contributed by atoms with E-state index in [4.69, 9.17) is 20.1 Å². The van der Waals surface area contributed by atoms with Gasteiger partial charge >= 0.3 is 109 Å². The minimum Gasteiger partial charge on any atom is -0.652 e. The summed E-state index contributed by atoms with van der Waals surface area (Å²) in [7, 11) is 0. The number of carboxylic acids is 1. The smallest absolute Gasteiger partial charge is 0.652 e. The van der Waals surface area contributed by atoms with Crippen LogP contribution in [0.3, 0.4) is 0 Å². The largest absolute Gasteiger partial charge is 1.00 e. The molecule has 0 saturated heterocycles. The molecular formula is C3H5K2NO5. The van der Waals surface area contributed by atoms with E-state index in [1.165, 1.54) is 0 Å². The van der Waals surface area contributed by atoms with Crippen LogP contribution in [0, 0.1) is 0 Å². The van der Waals surface area contributed by atoms with Crippen molar-refractivity contribution >= 4 is 12.1 Å². The minimum absolute atomic E-state index is 0. The van der Waals surface area contributed by atoms with Gasteiger partial charge in [0.15, 0.2) is 0 Å². The quantitative estimate of drug-likeness (QED) is 0.416. The van der Waals surface area contributed by atoms with Crippen molar-refractivity contribution in [1.29, 1.82) is 0 Å². The third-order valence-electron chi connectivity index (χ3n) is 0.175. The number of carbonyl (C=O) groups is 2. The Labute approximate surface area is 148 Å². The van der Waals surface area contributed by atoms with Gasteiger partial charge in [-0.2, -0.15) is 0 Å². The van der Waals surface area contributed by atoms with Gasteiger partial charge < -0.3 is 25.8 Å². The molecule has 0 aromatic carbocycles. The molecule has 0 atom stereocenters. The number of hydrogen-bond acceptors (Lipinski definition) is 5. The van der Waals surface area contributed by atoms with Crippen LogP contribution in [0.5, 0.6) is 0 Å². The van der Waals surface area contributed by atoms with Crippen molar-refractivity contribution in [3.8, 4) is 0 Å². The van der Waals surface area contributed by atoms with Crippen molar-refractivity contribution in [2.45, 2.75) is 0 Å². The molecule has 54 valence electrons. The van der Waals surface area contributed by atoms with Gasteiger partial charge in [0.2, 0.25) is 0 Å². The van der Waals surface area contributed by atoms with Gasteiger partial charge in [0.1, 0.15) is 0 Å². The summed E-state index contributed by atoms with van der Waals surface area (Å²) in [4.78, 5) is 17.6. The average molecular weight is 213 g/mol. The van der Waals surface area contributed by atoms with Crippen molar-refractivity contribution in [3.63, 3.8) is 0 Å². The molecule has 3 N–H and O–H groups in total. The van der Waals surface area contributed by atoms with Crippen molar-refractivity contribution in [2.75, 3.05) is 6.54 Å². The van der Waals surface area contributed by atoms with Crippen LogP contribution in [-0.2, 0) is 4.79 Å². The van der Waals surface area contributed by atoms with Crippen molar-refractivity contribution < 1.29 is 128 Å². The molecule has 0 aliphatic heterocycles. The molecule has 0 heterocycles. The second-order valence-corrected chi connectivity index (χ2v) is 0.848. The van der Waals surface area contributed by atoms with Gasteiger partial charge in [-0.15, -0.1) is 0 Å². The normalized spacial score (nSPS) is 5.55. The van der Waals surface area contributed by atoms with Crippen LogP contribution in [0.2, 0.25) is 0 Å². The summed E-state index contributed by atoms with van der Waals surface area (Å²) in [6.07, 6.45) is -2.33. The number of nitrogens with two attached hydrogens (primary N) is 1. The molecule has 6 nitrogen and oxygen atoms in total. The zero-order valence-electron chi connectivity index (χ0n) is 6.36. The number of rotatable bonds is 1. The molecule has 0 fully saturated rings. The summed E-state index contributed by atoms with van der Waals surface area (Å²) in [5, 5.41) is 24.3. The fourth-order valence-corrected chi connectivity index (χ4v) is 0. The van der Waals surface area contributed by atoms with Crippen molar-refractivity contribution in [2.24, 2.45) is 5.73 Å². The van der Waals surface area contributed by atoms with Crippen LogP contribution < -0.4 is 119 Å². The van der Waals surface area contributed by atoms with Crippen LogP contribution in [0.25, 0.3) is 0 Å². The molecule has 0 aromatic heterocycles. The molecule has 0 bridgehead atoms. The first-order valence-electron chi connectivity index (χ1n) is 1.80. The predicted molar refractivity (Wildman–Crippen MR) is 22.1 cm³/mol. The summed E-state index contributed by atoms with van der Waals surface area (Å²) in [5.41, 5.74) is 4.57. The van der Waals surface area contributed by atoms with E-state index in [-0.39, 0.29) is 109 Å². The summed E-state index contributed by atoms with van der Waals surface area (Å²) in [6, 6.07) is 0. The molecule has 0 rings (SSSR count). The average Bonchev–Trinajstić information content (AvgIpc) is 1.65. The van der Waals surface area contributed by atoms with Gasteiger partial charge in [-0.3, -0.25) is 4.79 Å². The van der Waals surface area contributed by atoms with E-state index in [9.17, 15) is 4.79 Å². The Morgan fingerprint density at radius 1 is 1.27 bits per heavy atom. The van der Waals surface area contributed by atoms with Crippen LogP contribution in [-0.4, -0.2) is 23.8 Å². The topological polar surface area (TPSA) is 127 Å². The molecule has 0 radical (unpaired) electrons. The van der Waals surface area contributed by atoms with Gasteiger partial charge in [-0.25, -0.2) is 0 Å². The van der Waals surface area contributed by atoms with E-state index in [1.54, 1.807) is 0 Å². The molecule has 8 heteroatoms. The summed E-state index contributed by atoms with van der Waals surface area (Å²) < 4.78 is 0. The second-order valence-electron chi connectivity index (χ2n) is 0.848. The summed E-state index contributed by atoms with van der Waals surface area (Å²) in [5.74, 6) is -0.968.